The van der Waals surface area contributed by atoms with Crippen molar-refractivity contribution in [1.82, 2.24) is 5.32 Å². The highest BCUT2D eigenvalue weighted by Gasteiger charge is 2.14. The van der Waals surface area contributed by atoms with Crippen molar-refractivity contribution in [2.75, 3.05) is 26.8 Å². The van der Waals surface area contributed by atoms with E-state index >= 15 is 0 Å². The topological polar surface area (TPSA) is 21.3 Å². The number of halogens is 1. The Labute approximate surface area is 128 Å². The molecule has 1 N–H and O–H groups in total. The van der Waals surface area contributed by atoms with E-state index < -0.39 is 0 Å². The van der Waals surface area contributed by atoms with E-state index in [0.717, 1.165) is 30.6 Å². The van der Waals surface area contributed by atoms with Crippen LogP contribution in [0.25, 0.3) is 0 Å². The third kappa shape index (κ3) is 6.74. The molecule has 1 rings (SSSR count). The van der Waals surface area contributed by atoms with E-state index in [1.807, 2.05) is 12.1 Å². The van der Waals surface area contributed by atoms with E-state index in [4.69, 9.17) is 16.3 Å². The molecule has 2 nitrogen and oxygen atoms in total. The van der Waals surface area contributed by atoms with E-state index in [-0.39, 0.29) is 0 Å². The fourth-order valence-corrected chi connectivity index (χ4v) is 2.69. The first-order valence-corrected chi connectivity index (χ1v) is 7.97. The van der Waals surface area contributed by atoms with Gasteiger partial charge in [-0.25, -0.2) is 0 Å². The summed E-state index contributed by atoms with van der Waals surface area (Å²) in [5.41, 5.74) is 1.27. The van der Waals surface area contributed by atoms with Gasteiger partial charge in [-0.2, -0.15) is 0 Å². The second-order valence-corrected chi connectivity index (χ2v) is 6.15. The van der Waals surface area contributed by atoms with E-state index in [1.165, 1.54) is 24.8 Å². The standard InChI is InChI=1S/C17H28ClNO/c1-14(2)7-6-8-15(13-19-11-12-20-3)16-9-4-5-10-17(16)18/h4-5,9-10,14-15,19H,6-8,11-13H2,1-3H3. The maximum atomic E-state index is 6.35. The Bertz CT molecular complexity index is 368. The van der Waals surface area contributed by atoms with Crippen molar-refractivity contribution in [1.29, 1.82) is 0 Å². The van der Waals surface area contributed by atoms with E-state index in [9.17, 15) is 0 Å². The number of benzene rings is 1. The summed E-state index contributed by atoms with van der Waals surface area (Å²) in [5, 5.41) is 4.35. The van der Waals surface area contributed by atoms with E-state index in [1.54, 1.807) is 7.11 Å². The van der Waals surface area contributed by atoms with Crippen LogP contribution in [0.1, 0.15) is 44.6 Å². The molecule has 0 amide bonds. The molecular weight excluding hydrogens is 270 g/mol. The van der Waals surface area contributed by atoms with Crippen molar-refractivity contribution in [3.63, 3.8) is 0 Å². The summed E-state index contributed by atoms with van der Waals surface area (Å²) in [5.74, 6) is 1.25. The summed E-state index contributed by atoms with van der Waals surface area (Å²) in [6, 6.07) is 8.21. The molecule has 0 fully saturated rings. The van der Waals surface area contributed by atoms with Crippen LogP contribution in [-0.2, 0) is 4.74 Å². The predicted octanol–water partition coefficient (Wildman–Crippen LogP) is 4.49. The molecule has 0 spiro atoms. The summed E-state index contributed by atoms with van der Waals surface area (Å²) >= 11 is 6.35. The van der Waals surface area contributed by atoms with Gasteiger partial charge in [-0.05, 0) is 29.9 Å². The molecule has 114 valence electrons. The van der Waals surface area contributed by atoms with Crippen LogP contribution in [0.4, 0.5) is 0 Å². The average molecular weight is 298 g/mol. The quantitative estimate of drug-likeness (QED) is 0.643. The van der Waals surface area contributed by atoms with Gasteiger partial charge < -0.3 is 10.1 Å². The molecule has 1 aromatic carbocycles. The number of rotatable bonds is 10. The summed E-state index contributed by atoms with van der Waals surface area (Å²) in [6.45, 7) is 7.16. The Kier molecular flexibility index (Phi) is 8.92. The Balaban J connectivity index is 2.56. The van der Waals surface area contributed by atoms with Gasteiger partial charge in [0, 0.05) is 25.2 Å². The summed E-state index contributed by atoms with van der Waals surface area (Å²) in [7, 11) is 1.73. The first kappa shape index (κ1) is 17.5. The van der Waals surface area contributed by atoms with Crippen LogP contribution in [-0.4, -0.2) is 26.8 Å². The molecule has 0 aliphatic heterocycles. The van der Waals surface area contributed by atoms with Crippen LogP contribution >= 0.6 is 11.6 Å². The first-order chi connectivity index (χ1) is 9.65. The highest BCUT2D eigenvalue weighted by Crippen LogP contribution is 2.28. The van der Waals surface area contributed by atoms with Gasteiger partial charge in [0.2, 0.25) is 0 Å². The van der Waals surface area contributed by atoms with Crippen LogP contribution in [0.5, 0.6) is 0 Å². The Morgan fingerprint density at radius 3 is 2.60 bits per heavy atom. The highest BCUT2D eigenvalue weighted by atomic mass is 35.5. The molecular formula is C17H28ClNO. The van der Waals surface area contributed by atoms with E-state index in [2.05, 4.69) is 31.3 Å². The second-order valence-electron chi connectivity index (χ2n) is 5.74. The van der Waals surface area contributed by atoms with Gasteiger partial charge in [-0.3, -0.25) is 0 Å². The molecule has 3 heteroatoms. The predicted molar refractivity (Wildman–Crippen MR) is 87.6 cm³/mol. The van der Waals surface area contributed by atoms with Crippen LogP contribution in [0.2, 0.25) is 5.02 Å². The molecule has 20 heavy (non-hydrogen) atoms. The molecule has 1 aromatic rings. The Morgan fingerprint density at radius 2 is 1.95 bits per heavy atom. The lowest BCUT2D eigenvalue weighted by atomic mass is 9.91. The van der Waals surface area contributed by atoms with Gasteiger partial charge in [0.15, 0.2) is 0 Å². The zero-order valence-electron chi connectivity index (χ0n) is 13.0. The van der Waals surface area contributed by atoms with Gasteiger partial charge in [0.25, 0.3) is 0 Å². The molecule has 0 saturated heterocycles. The SMILES string of the molecule is COCCNCC(CCCC(C)C)c1ccccc1Cl. The molecule has 0 bridgehead atoms. The van der Waals surface area contributed by atoms with Crippen molar-refractivity contribution in [3.05, 3.63) is 34.9 Å². The molecule has 0 saturated carbocycles. The minimum atomic E-state index is 0.485. The molecule has 0 aromatic heterocycles. The minimum Gasteiger partial charge on any atom is -0.383 e. The first-order valence-electron chi connectivity index (χ1n) is 7.59. The van der Waals surface area contributed by atoms with Crippen LogP contribution in [0, 0.1) is 5.92 Å². The summed E-state index contributed by atoms with van der Waals surface area (Å²) < 4.78 is 5.08. The Hall–Kier alpha value is -0.570. The smallest absolute Gasteiger partial charge is 0.0587 e. The molecule has 0 heterocycles. The monoisotopic (exact) mass is 297 g/mol. The maximum Gasteiger partial charge on any atom is 0.0587 e. The summed E-state index contributed by atoms with van der Waals surface area (Å²) in [4.78, 5) is 0. The van der Waals surface area contributed by atoms with Crippen molar-refractivity contribution in [3.8, 4) is 0 Å². The molecule has 1 unspecified atom stereocenters. The average Bonchev–Trinajstić information content (AvgIpc) is 2.42. The van der Waals surface area contributed by atoms with Crippen molar-refractivity contribution in [2.45, 2.75) is 39.0 Å². The largest absolute Gasteiger partial charge is 0.383 e. The fraction of sp³-hybridized carbons (Fsp3) is 0.647. The van der Waals surface area contributed by atoms with Crippen molar-refractivity contribution < 1.29 is 4.74 Å². The zero-order valence-corrected chi connectivity index (χ0v) is 13.7. The second kappa shape index (κ2) is 10.2. The van der Waals surface area contributed by atoms with Gasteiger partial charge in [0.05, 0.1) is 6.61 Å². The van der Waals surface area contributed by atoms with E-state index in [0.29, 0.717) is 5.92 Å². The zero-order chi connectivity index (χ0) is 14.8. The number of hydrogen-bond acceptors (Lipinski definition) is 2. The van der Waals surface area contributed by atoms with Crippen molar-refractivity contribution in [2.24, 2.45) is 5.92 Å². The maximum absolute atomic E-state index is 6.35. The lowest BCUT2D eigenvalue weighted by molar-refractivity contribution is 0.198. The van der Waals surface area contributed by atoms with Gasteiger partial charge in [0.1, 0.15) is 0 Å². The highest BCUT2D eigenvalue weighted by molar-refractivity contribution is 6.31. The Morgan fingerprint density at radius 1 is 1.20 bits per heavy atom. The van der Waals surface area contributed by atoms with Gasteiger partial charge in [-0.1, -0.05) is 56.5 Å². The molecule has 0 radical (unpaired) electrons. The number of methoxy groups -OCH3 is 1. The van der Waals surface area contributed by atoms with Crippen LogP contribution in [0.3, 0.4) is 0 Å². The van der Waals surface area contributed by atoms with Gasteiger partial charge >= 0.3 is 0 Å². The third-order valence-electron chi connectivity index (χ3n) is 3.55. The number of hydrogen-bond donors (Lipinski definition) is 1. The number of ether oxygens (including phenoxy) is 1. The summed E-state index contributed by atoms with van der Waals surface area (Å²) in [6.07, 6.45) is 3.71. The lowest BCUT2D eigenvalue weighted by Gasteiger charge is -2.20. The molecule has 0 aliphatic rings. The van der Waals surface area contributed by atoms with Gasteiger partial charge in [-0.15, -0.1) is 0 Å². The van der Waals surface area contributed by atoms with Crippen LogP contribution in [0.15, 0.2) is 24.3 Å². The minimum absolute atomic E-state index is 0.485. The van der Waals surface area contributed by atoms with Crippen molar-refractivity contribution >= 4 is 11.6 Å². The fourth-order valence-electron chi connectivity index (χ4n) is 2.40. The molecule has 0 aliphatic carbocycles. The third-order valence-corrected chi connectivity index (χ3v) is 3.90. The number of nitrogens with one attached hydrogen (secondary N) is 1. The molecule has 1 atom stereocenters. The van der Waals surface area contributed by atoms with Crippen LogP contribution < -0.4 is 5.32 Å². The lowest BCUT2D eigenvalue weighted by Crippen LogP contribution is -2.25. The normalized spacial score (nSPS) is 12.8.